The number of imidazole rings is 1. The van der Waals surface area contributed by atoms with Gasteiger partial charge in [0.25, 0.3) is 0 Å². The second kappa shape index (κ2) is 7.55. The van der Waals surface area contributed by atoms with Crippen molar-refractivity contribution in [3.63, 3.8) is 0 Å². The topological polar surface area (TPSA) is 101 Å². The number of benzene rings is 1. The molecule has 1 atom stereocenters. The lowest BCUT2D eigenvalue weighted by Gasteiger charge is -2.20. The number of amides is 1. The normalized spacial score (nSPS) is 12.7. The highest BCUT2D eigenvalue weighted by molar-refractivity contribution is 6.29. The number of rotatable bonds is 6. The minimum atomic E-state index is -0.206. The molecule has 9 heteroatoms. The number of aromatic amines is 1. The van der Waals surface area contributed by atoms with Crippen molar-refractivity contribution in [2.24, 2.45) is 5.92 Å². The SMILES string of the molecule is CC(C)[C@@H](NC(=O)CCc1nnc2ccc(Cl)nn12)c1nc2ccccc2[nH]1. The number of carbonyl (C=O) groups is 1. The molecule has 0 aliphatic carbocycles. The number of fused-ring (bicyclic) bond motifs is 2. The van der Waals surface area contributed by atoms with Crippen LogP contribution in [0.4, 0.5) is 0 Å². The van der Waals surface area contributed by atoms with Crippen LogP contribution in [0.25, 0.3) is 16.7 Å². The molecule has 0 bridgehead atoms. The Balaban J connectivity index is 1.46. The van der Waals surface area contributed by atoms with Crippen molar-refractivity contribution in [2.75, 3.05) is 0 Å². The fourth-order valence-corrected chi connectivity index (χ4v) is 3.25. The molecule has 0 fully saturated rings. The zero-order valence-corrected chi connectivity index (χ0v) is 16.3. The quantitative estimate of drug-likeness (QED) is 0.520. The van der Waals surface area contributed by atoms with Crippen molar-refractivity contribution in [3.8, 4) is 0 Å². The summed E-state index contributed by atoms with van der Waals surface area (Å²) < 4.78 is 1.56. The highest BCUT2D eigenvalue weighted by Crippen LogP contribution is 2.22. The lowest BCUT2D eigenvalue weighted by atomic mass is 10.0. The standard InChI is InChI=1S/C19H20ClN7O/c1-11(2)18(19-21-12-5-3-4-6-13(12)22-19)23-17(28)10-9-16-25-24-15-8-7-14(20)26-27(15)16/h3-8,11,18H,9-10H2,1-2H3,(H,21,22)(H,23,28)/t18-/m1/s1. The van der Waals surface area contributed by atoms with Crippen LogP contribution in [0.15, 0.2) is 36.4 Å². The number of carbonyl (C=O) groups excluding carboxylic acids is 1. The smallest absolute Gasteiger partial charge is 0.221 e. The molecule has 8 nitrogen and oxygen atoms in total. The van der Waals surface area contributed by atoms with Crippen molar-refractivity contribution in [2.45, 2.75) is 32.7 Å². The van der Waals surface area contributed by atoms with E-state index >= 15 is 0 Å². The molecular formula is C19H20ClN7O. The van der Waals surface area contributed by atoms with Gasteiger partial charge in [-0.05, 0) is 30.2 Å². The highest BCUT2D eigenvalue weighted by Gasteiger charge is 2.22. The summed E-state index contributed by atoms with van der Waals surface area (Å²) >= 11 is 5.94. The number of nitrogens with one attached hydrogen (secondary N) is 2. The molecule has 0 unspecified atom stereocenters. The molecule has 4 aromatic rings. The summed E-state index contributed by atoms with van der Waals surface area (Å²) in [7, 11) is 0. The first-order chi connectivity index (χ1) is 13.5. The number of halogens is 1. The van der Waals surface area contributed by atoms with Gasteiger partial charge >= 0.3 is 0 Å². The van der Waals surface area contributed by atoms with Crippen LogP contribution in [0.1, 0.15) is 38.0 Å². The van der Waals surface area contributed by atoms with Crippen LogP contribution in [0.2, 0.25) is 5.15 Å². The third-order valence-corrected chi connectivity index (χ3v) is 4.76. The van der Waals surface area contributed by atoms with Gasteiger partial charge in [0.05, 0.1) is 17.1 Å². The lowest BCUT2D eigenvalue weighted by molar-refractivity contribution is -0.122. The van der Waals surface area contributed by atoms with Gasteiger partial charge in [0.2, 0.25) is 5.91 Å². The lowest BCUT2D eigenvalue weighted by Crippen LogP contribution is -2.32. The number of nitrogens with zero attached hydrogens (tertiary/aromatic N) is 5. The van der Waals surface area contributed by atoms with E-state index < -0.39 is 0 Å². The minimum absolute atomic E-state index is 0.0852. The largest absolute Gasteiger partial charge is 0.346 e. The van der Waals surface area contributed by atoms with Gasteiger partial charge in [-0.1, -0.05) is 37.6 Å². The van der Waals surface area contributed by atoms with E-state index in [9.17, 15) is 4.79 Å². The molecule has 28 heavy (non-hydrogen) atoms. The van der Waals surface area contributed by atoms with Crippen LogP contribution in [-0.2, 0) is 11.2 Å². The Morgan fingerprint density at radius 2 is 2.04 bits per heavy atom. The van der Waals surface area contributed by atoms with Gasteiger partial charge in [-0.15, -0.1) is 10.2 Å². The van der Waals surface area contributed by atoms with Crippen LogP contribution in [0, 0.1) is 5.92 Å². The molecule has 3 heterocycles. The predicted molar refractivity (Wildman–Crippen MR) is 106 cm³/mol. The third kappa shape index (κ3) is 3.68. The van der Waals surface area contributed by atoms with Gasteiger partial charge in [-0.2, -0.15) is 9.61 Å². The Morgan fingerprint density at radius 1 is 1.21 bits per heavy atom. The number of hydrogen-bond acceptors (Lipinski definition) is 5. The van der Waals surface area contributed by atoms with Crippen molar-refractivity contribution in [1.82, 2.24) is 35.1 Å². The summed E-state index contributed by atoms with van der Waals surface area (Å²) in [5, 5.41) is 15.8. The number of aryl methyl sites for hydroxylation is 1. The summed E-state index contributed by atoms with van der Waals surface area (Å²) in [4.78, 5) is 20.5. The minimum Gasteiger partial charge on any atom is -0.346 e. The summed E-state index contributed by atoms with van der Waals surface area (Å²) in [5.74, 6) is 1.44. The van der Waals surface area contributed by atoms with Crippen molar-refractivity contribution in [3.05, 3.63) is 53.2 Å². The van der Waals surface area contributed by atoms with Gasteiger partial charge in [-0.3, -0.25) is 4.79 Å². The first kappa shape index (κ1) is 18.4. The molecule has 0 saturated heterocycles. The van der Waals surface area contributed by atoms with Crippen molar-refractivity contribution < 1.29 is 4.79 Å². The van der Waals surface area contributed by atoms with E-state index in [0.29, 0.717) is 23.0 Å². The third-order valence-electron chi connectivity index (χ3n) is 4.56. The van der Waals surface area contributed by atoms with E-state index in [-0.39, 0.29) is 24.3 Å². The molecule has 2 N–H and O–H groups in total. The van der Waals surface area contributed by atoms with E-state index in [2.05, 4.69) is 44.4 Å². The molecule has 0 aliphatic heterocycles. The molecule has 0 spiro atoms. The second-order valence-corrected chi connectivity index (χ2v) is 7.36. The molecule has 1 aromatic carbocycles. The zero-order chi connectivity index (χ0) is 19.7. The first-order valence-corrected chi connectivity index (χ1v) is 9.50. The Morgan fingerprint density at radius 3 is 2.82 bits per heavy atom. The first-order valence-electron chi connectivity index (χ1n) is 9.12. The average molecular weight is 398 g/mol. The monoisotopic (exact) mass is 397 g/mol. The number of aromatic nitrogens is 6. The van der Waals surface area contributed by atoms with Gasteiger partial charge in [-0.25, -0.2) is 4.98 Å². The molecule has 0 aliphatic rings. The Hall–Kier alpha value is -3.00. The van der Waals surface area contributed by atoms with E-state index in [4.69, 9.17) is 11.6 Å². The van der Waals surface area contributed by atoms with Crippen LogP contribution in [0.3, 0.4) is 0 Å². The van der Waals surface area contributed by atoms with Gasteiger partial charge in [0.15, 0.2) is 11.5 Å². The van der Waals surface area contributed by atoms with Crippen molar-refractivity contribution in [1.29, 1.82) is 0 Å². The molecule has 4 rings (SSSR count). The maximum Gasteiger partial charge on any atom is 0.221 e. The van der Waals surface area contributed by atoms with Crippen LogP contribution >= 0.6 is 11.6 Å². The Kier molecular flexibility index (Phi) is 4.95. The molecule has 144 valence electrons. The number of H-pyrrole nitrogens is 1. The molecule has 1 amide bonds. The summed E-state index contributed by atoms with van der Waals surface area (Å²) in [6.45, 7) is 4.10. The average Bonchev–Trinajstić information content (AvgIpc) is 3.27. The summed E-state index contributed by atoms with van der Waals surface area (Å²) in [6, 6.07) is 11.0. The molecule has 3 aromatic heterocycles. The fraction of sp³-hybridized carbons (Fsp3) is 0.316. The molecule has 0 saturated carbocycles. The van der Waals surface area contributed by atoms with E-state index in [1.54, 1.807) is 16.6 Å². The molecule has 0 radical (unpaired) electrons. The number of para-hydroxylation sites is 2. The summed E-state index contributed by atoms with van der Waals surface area (Å²) in [6.07, 6.45) is 0.670. The predicted octanol–water partition coefficient (Wildman–Crippen LogP) is 3.10. The zero-order valence-electron chi connectivity index (χ0n) is 15.6. The van der Waals surface area contributed by atoms with Crippen LogP contribution in [0.5, 0.6) is 0 Å². The fourth-order valence-electron chi connectivity index (χ4n) is 3.11. The maximum absolute atomic E-state index is 12.6. The van der Waals surface area contributed by atoms with E-state index in [1.165, 1.54) is 0 Å². The van der Waals surface area contributed by atoms with Crippen LogP contribution in [-0.4, -0.2) is 35.7 Å². The maximum atomic E-state index is 12.6. The second-order valence-electron chi connectivity index (χ2n) is 6.97. The number of hydrogen-bond donors (Lipinski definition) is 2. The highest BCUT2D eigenvalue weighted by atomic mass is 35.5. The van der Waals surface area contributed by atoms with Crippen LogP contribution < -0.4 is 5.32 Å². The molecular weight excluding hydrogens is 378 g/mol. The summed E-state index contributed by atoms with van der Waals surface area (Å²) in [5.41, 5.74) is 2.44. The Bertz CT molecular complexity index is 1100. The van der Waals surface area contributed by atoms with E-state index in [1.807, 2.05) is 24.3 Å². The van der Waals surface area contributed by atoms with Gasteiger partial charge < -0.3 is 10.3 Å². The van der Waals surface area contributed by atoms with Gasteiger partial charge in [0, 0.05) is 12.8 Å². The van der Waals surface area contributed by atoms with E-state index in [0.717, 1.165) is 16.9 Å². The van der Waals surface area contributed by atoms with Crippen molar-refractivity contribution >= 4 is 34.2 Å². The Labute approximate surface area is 166 Å². The van der Waals surface area contributed by atoms with Gasteiger partial charge in [0.1, 0.15) is 11.0 Å².